The molecule has 186 valence electrons. The number of nitrogen functional groups attached to an aromatic ring is 1. The van der Waals surface area contributed by atoms with Gasteiger partial charge in [0, 0.05) is 22.4 Å². The molecule has 0 aliphatic heterocycles. The molecule has 3 saturated carbocycles. The highest BCUT2D eigenvalue weighted by Gasteiger charge is 2.57. The van der Waals surface area contributed by atoms with Gasteiger partial charge < -0.3 is 21.1 Å². The van der Waals surface area contributed by atoms with Crippen molar-refractivity contribution in [2.45, 2.75) is 24.8 Å². The highest BCUT2D eigenvalue weighted by molar-refractivity contribution is 6.01. The van der Waals surface area contributed by atoms with Crippen molar-refractivity contribution in [3.63, 3.8) is 0 Å². The summed E-state index contributed by atoms with van der Waals surface area (Å²) in [5, 5.41) is 14.8. The Balaban J connectivity index is 1.42. The zero-order valence-corrected chi connectivity index (χ0v) is 20.2. The van der Waals surface area contributed by atoms with Crippen LogP contribution in [0.15, 0.2) is 61.4 Å². The second-order valence-corrected chi connectivity index (χ2v) is 9.61. The molecule has 0 atom stereocenters. The Kier molecular flexibility index (Phi) is 5.18. The number of fused-ring (bicyclic) bond motifs is 1. The molecule has 10 nitrogen and oxygen atoms in total. The standard InChI is InChI=1S/C27H25N7O3/c1-3-21(35)31-18-7-4-16(5-8-18)23-22(24-25(28)29-14-30-34(24)33-23)17-6-9-19(20(10-17)37-2)26(36)32-27-11-15(12-27)13-27/h3-10,14-15H,1,11-13H2,2H3,(H,31,35)(H,32,36)(H2,28,29,30). The van der Waals surface area contributed by atoms with Crippen LogP contribution in [0, 0.1) is 5.92 Å². The van der Waals surface area contributed by atoms with Gasteiger partial charge in [-0.1, -0.05) is 24.8 Å². The van der Waals surface area contributed by atoms with E-state index in [1.165, 1.54) is 17.0 Å². The molecule has 0 radical (unpaired) electrons. The Morgan fingerprint density at radius 2 is 1.89 bits per heavy atom. The van der Waals surface area contributed by atoms with Crippen molar-refractivity contribution >= 4 is 28.8 Å². The van der Waals surface area contributed by atoms with Gasteiger partial charge >= 0.3 is 0 Å². The normalized spacial score (nSPS) is 19.4. The summed E-state index contributed by atoms with van der Waals surface area (Å²) in [4.78, 5) is 28.9. The van der Waals surface area contributed by atoms with E-state index in [0.717, 1.165) is 36.3 Å². The van der Waals surface area contributed by atoms with Gasteiger partial charge in [0.2, 0.25) is 5.91 Å². The molecule has 2 amide bonds. The second-order valence-electron chi connectivity index (χ2n) is 9.61. The SMILES string of the molecule is C=CC(=O)Nc1ccc(-c2nn3ncnc(N)c3c2-c2ccc(C(=O)NC34CC(C3)C4)c(OC)c2)cc1. The molecule has 3 aliphatic rings. The maximum atomic E-state index is 13.1. The molecular formula is C27H25N7O3. The zero-order valence-electron chi connectivity index (χ0n) is 20.2. The molecule has 2 aromatic carbocycles. The number of rotatable bonds is 7. The molecule has 4 aromatic rings. The van der Waals surface area contributed by atoms with E-state index in [-0.39, 0.29) is 23.2 Å². The number of amides is 2. The fraction of sp³-hybridized carbons (Fsp3) is 0.222. The van der Waals surface area contributed by atoms with Crippen molar-refractivity contribution in [1.29, 1.82) is 0 Å². The molecular weight excluding hydrogens is 470 g/mol. The van der Waals surface area contributed by atoms with Gasteiger partial charge in [-0.2, -0.15) is 0 Å². The fourth-order valence-electron chi connectivity index (χ4n) is 5.27. The van der Waals surface area contributed by atoms with Crippen LogP contribution >= 0.6 is 0 Å². The van der Waals surface area contributed by atoms with Crippen molar-refractivity contribution in [1.82, 2.24) is 25.1 Å². The summed E-state index contributed by atoms with van der Waals surface area (Å²) in [5.41, 5.74) is 10.7. The average Bonchev–Trinajstić information content (AvgIpc) is 3.26. The quantitative estimate of drug-likeness (QED) is 0.334. The Hall–Kier alpha value is -4.73. The molecule has 4 N–H and O–H groups in total. The number of carbonyl (C=O) groups is 2. The first-order valence-electron chi connectivity index (χ1n) is 11.9. The summed E-state index contributed by atoms with van der Waals surface area (Å²) >= 11 is 0. The third-order valence-corrected chi connectivity index (χ3v) is 7.23. The number of nitrogens with two attached hydrogens (primary N) is 1. The van der Waals surface area contributed by atoms with Crippen molar-refractivity contribution < 1.29 is 14.3 Å². The molecule has 10 heteroatoms. The predicted octanol–water partition coefficient (Wildman–Crippen LogP) is 3.46. The first kappa shape index (κ1) is 22.7. The Labute approximate surface area is 212 Å². The van der Waals surface area contributed by atoms with E-state index in [9.17, 15) is 9.59 Å². The minimum absolute atomic E-state index is 0.0376. The van der Waals surface area contributed by atoms with E-state index in [2.05, 4.69) is 32.4 Å². The van der Waals surface area contributed by atoms with Crippen LogP contribution in [-0.4, -0.2) is 44.3 Å². The number of anilines is 2. The van der Waals surface area contributed by atoms with Crippen LogP contribution < -0.4 is 21.1 Å². The van der Waals surface area contributed by atoms with Gasteiger partial charge in [0.1, 0.15) is 23.3 Å². The second kappa shape index (κ2) is 8.44. The number of methoxy groups -OCH3 is 1. The number of benzene rings is 2. The van der Waals surface area contributed by atoms with E-state index in [1.54, 1.807) is 25.3 Å². The number of carbonyl (C=O) groups excluding carboxylic acids is 2. The maximum absolute atomic E-state index is 13.1. The van der Waals surface area contributed by atoms with Crippen LogP contribution in [0.25, 0.3) is 27.9 Å². The number of hydrogen-bond donors (Lipinski definition) is 3. The summed E-state index contributed by atoms with van der Waals surface area (Å²) < 4.78 is 7.08. The Morgan fingerprint density at radius 3 is 2.54 bits per heavy atom. The summed E-state index contributed by atoms with van der Waals surface area (Å²) in [6, 6.07) is 12.7. The largest absolute Gasteiger partial charge is 0.496 e. The molecule has 0 unspecified atom stereocenters. The third-order valence-electron chi connectivity index (χ3n) is 7.23. The molecule has 2 aromatic heterocycles. The molecule has 7 rings (SSSR count). The first-order chi connectivity index (χ1) is 17.9. The topological polar surface area (TPSA) is 137 Å². The van der Waals surface area contributed by atoms with Crippen LogP contribution in [-0.2, 0) is 4.79 Å². The van der Waals surface area contributed by atoms with Gasteiger partial charge in [-0.15, -0.1) is 14.8 Å². The minimum Gasteiger partial charge on any atom is -0.496 e. The third kappa shape index (κ3) is 3.77. The monoisotopic (exact) mass is 495 g/mol. The van der Waals surface area contributed by atoms with Gasteiger partial charge in [-0.3, -0.25) is 9.59 Å². The number of ether oxygens (including phenoxy) is 1. The van der Waals surface area contributed by atoms with E-state index in [0.29, 0.717) is 33.8 Å². The Morgan fingerprint density at radius 1 is 1.16 bits per heavy atom. The van der Waals surface area contributed by atoms with E-state index < -0.39 is 0 Å². The smallest absolute Gasteiger partial charge is 0.255 e. The highest BCUT2D eigenvalue weighted by Crippen LogP contribution is 2.57. The summed E-state index contributed by atoms with van der Waals surface area (Å²) in [5.74, 6) is 1.04. The summed E-state index contributed by atoms with van der Waals surface area (Å²) in [6.45, 7) is 3.47. The van der Waals surface area contributed by atoms with Gasteiger partial charge in [-0.05, 0) is 61.1 Å². The zero-order chi connectivity index (χ0) is 25.7. The molecule has 3 aliphatic carbocycles. The minimum atomic E-state index is -0.297. The van der Waals surface area contributed by atoms with Crippen LogP contribution in [0.4, 0.5) is 11.5 Å². The molecule has 2 heterocycles. The lowest BCUT2D eigenvalue weighted by Crippen LogP contribution is -2.68. The maximum Gasteiger partial charge on any atom is 0.255 e. The lowest BCUT2D eigenvalue weighted by molar-refractivity contribution is -0.111. The van der Waals surface area contributed by atoms with Crippen molar-refractivity contribution in [3.8, 4) is 28.1 Å². The lowest BCUT2D eigenvalue weighted by atomic mass is 9.50. The van der Waals surface area contributed by atoms with Crippen LogP contribution in [0.5, 0.6) is 5.75 Å². The summed E-state index contributed by atoms with van der Waals surface area (Å²) in [6.07, 6.45) is 5.72. The molecule has 2 bridgehead atoms. The lowest BCUT2D eigenvalue weighted by Gasteiger charge is -2.61. The van der Waals surface area contributed by atoms with Crippen molar-refractivity contribution in [2.24, 2.45) is 5.92 Å². The van der Waals surface area contributed by atoms with Crippen molar-refractivity contribution in [2.75, 3.05) is 18.2 Å². The number of nitrogens with zero attached hydrogens (tertiary/aromatic N) is 4. The number of aromatic nitrogens is 4. The highest BCUT2D eigenvalue weighted by atomic mass is 16.5. The van der Waals surface area contributed by atoms with Crippen LogP contribution in [0.3, 0.4) is 0 Å². The Bertz CT molecular complexity index is 1560. The fourth-order valence-corrected chi connectivity index (χ4v) is 5.27. The van der Waals surface area contributed by atoms with E-state index in [1.807, 2.05) is 24.3 Å². The molecule has 3 fully saturated rings. The van der Waals surface area contributed by atoms with Gasteiger partial charge in [0.05, 0.1) is 12.7 Å². The molecule has 0 saturated heterocycles. The van der Waals surface area contributed by atoms with Gasteiger partial charge in [0.15, 0.2) is 5.82 Å². The van der Waals surface area contributed by atoms with Gasteiger partial charge in [-0.25, -0.2) is 4.98 Å². The van der Waals surface area contributed by atoms with E-state index in [4.69, 9.17) is 10.5 Å². The number of nitrogens with one attached hydrogen (secondary N) is 2. The predicted molar refractivity (Wildman–Crippen MR) is 139 cm³/mol. The van der Waals surface area contributed by atoms with Crippen LogP contribution in [0.2, 0.25) is 0 Å². The number of hydrogen-bond acceptors (Lipinski definition) is 7. The summed E-state index contributed by atoms with van der Waals surface area (Å²) in [7, 11) is 1.54. The molecule has 37 heavy (non-hydrogen) atoms. The first-order valence-corrected chi connectivity index (χ1v) is 11.9. The molecule has 0 spiro atoms. The average molecular weight is 496 g/mol. The van der Waals surface area contributed by atoms with Crippen molar-refractivity contribution in [3.05, 3.63) is 67.0 Å². The van der Waals surface area contributed by atoms with Gasteiger partial charge in [0.25, 0.3) is 5.91 Å². The van der Waals surface area contributed by atoms with Crippen LogP contribution in [0.1, 0.15) is 29.6 Å². The van der Waals surface area contributed by atoms with E-state index >= 15 is 0 Å².